The Balaban J connectivity index is 1.89. The highest BCUT2D eigenvalue weighted by Crippen LogP contribution is 2.16. The molecule has 0 fully saturated rings. The molecule has 0 aliphatic rings. The third-order valence-electron chi connectivity index (χ3n) is 4.07. The first kappa shape index (κ1) is 17.5. The van der Waals surface area contributed by atoms with E-state index in [1.54, 1.807) is 6.07 Å². The van der Waals surface area contributed by atoms with Crippen molar-refractivity contribution in [2.45, 2.75) is 33.1 Å². The van der Waals surface area contributed by atoms with E-state index in [0.717, 1.165) is 44.5 Å². The van der Waals surface area contributed by atoms with Crippen molar-refractivity contribution in [3.63, 3.8) is 0 Å². The van der Waals surface area contributed by atoms with Crippen LogP contribution in [0, 0.1) is 12.7 Å². The summed E-state index contributed by atoms with van der Waals surface area (Å²) in [6.45, 7) is 7.26. The van der Waals surface area contributed by atoms with Crippen LogP contribution in [0.25, 0.3) is 0 Å². The molecule has 3 heteroatoms. The van der Waals surface area contributed by atoms with Gasteiger partial charge >= 0.3 is 0 Å². The largest absolute Gasteiger partial charge is 0.505 e. The van der Waals surface area contributed by atoms with Crippen LogP contribution in [0.2, 0.25) is 0 Å². The minimum Gasteiger partial charge on any atom is -0.505 e. The summed E-state index contributed by atoms with van der Waals surface area (Å²) in [6, 6.07) is 13.3. The first-order chi connectivity index (χ1) is 11.1. The zero-order chi connectivity index (χ0) is 16.7. The molecule has 0 saturated heterocycles. The molecule has 2 nitrogen and oxygen atoms in total. The standard InChI is InChI=1S/C20H26FNO/c1-3-11-22(12-9-17-6-4-5-16(2)14-17)13-10-18-7-8-20(23)19(21)15-18/h4-8,14-15,23H,3,9-13H2,1-2H3. The molecule has 0 spiro atoms. The Morgan fingerprint density at radius 3 is 2.26 bits per heavy atom. The molecule has 0 atom stereocenters. The number of aryl methyl sites for hydroxylation is 1. The van der Waals surface area contributed by atoms with E-state index in [9.17, 15) is 9.50 Å². The van der Waals surface area contributed by atoms with Crippen LogP contribution in [0.5, 0.6) is 5.75 Å². The molecule has 0 bridgehead atoms. The highest BCUT2D eigenvalue weighted by Gasteiger charge is 2.07. The smallest absolute Gasteiger partial charge is 0.165 e. The van der Waals surface area contributed by atoms with Gasteiger partial charge in [0.05, 0.1) is 0 Å². The van der Waals surface area contributed by atoms with E-state index in [-0.39, 0.29) is 5.75 Å². The molecule has 2 rings (SSSR count). The molecular formula is C20H26FNO. The van der Waals surface area contributed by atoms with Gasteiger partial charge in [0.2, 0.25) is 0 Å². The summed E-state index contributed by atoms with van der Waals surface area (Å²) in [6.07, 6.45) is 2.94. The van der Waals surface area contributed by atoms with Gasteiger partial charge in [-0.1, -0.05) is 42.8 Å². The second kappa shape index (κ2) is 8.68. The van der Waals surface area contributed by atoms with E-state index in [1.807, 2.05) is 0 Å². The maximum Gasteiger partial charge on any atom is 0.165 e. The predicted molar refractivity (Wildman–Crippen MR) is 93.4 cm³/mol. The van der Waals surface area contributed by atoms with Crippen LogP contribution >= 0.6 is 0 Å². The van der Waals surface area contributed by atoms with Gasteiger partial charge < -0.3 is 10.0 Å². The Morgan fingerprint density at radius 2 is 1.65 bits per heavy atom. The number of hydrogen-bond acceptors (Lipinski definition) is 2. The summed E-state index contributed by atoms with van der Waals surface area (Å²) >= 11 is 0. The van der Waals surface area contributed by atoms with Crippen molar-refractivity contribution in [1.82, 2.24) is 4.90 Å². The lowest BCUT2D eigenvalue weighted by molar-refractivity contribution is 0.281. The van der Waals surface area contributed by atoms with E-state index < -0.39 is 5.82 Å². The van der Waals surface area contributed by atoms with Crippen molar-refractivity contribution in [3.05, 3.63) is 65.0 Å². The zero-order valence-corrected chi connectivity index (χ0v) is 14.1. The highest BCUT2D eigenvalue weighted by atomic mass is 19.1. The van der Waals surface area contributed by atoms with Crippen LogP contribution in [0.4, 0.5) is 4.39 Å². The minimum absolute atomic E-state index is 0.279. The fourth-order valence-electron chi connectivity index (χ4n) is 2.80. The predicted octanol–water partition coefficient (Wildman–Crippen LogP) is 4.34. The summed E-state index contributed by atoms with van der Waals surface area (Å²) in [5, 5.41) is 9.25. The van der Waals surface area contributed by atoms with Crippen LogP contribution in [-0.4, -0.2) is 29.6 Å². The van der Waals surface area contributed by atoms with Gasteiger partial charge in [-0.25, -0.2) is 4.39 Å². The number of phenolic OH excluding ortho intramolecular Hbond substituents is 1. The van der Waals surface area contributed by atoms with Gasteiger partial charge in [-0.05, 0) is 56.0 Å². The van der Waals surface area contributed by atoms with Crippen molar-refractivity contribution in [2.24, 2.45) is 0 Å². The Bertz CT molecular complexity index is 627. The molecule has 0 amide bonds. The van der Waals surface area contributed by atoms with Crippen LogP contribution in [0.1, 0.15) is 30.0 Å². The first-order valence-electron chi connectivity index (χ1n) is 8.33. The first-order valence-corrected chi connectivity index (χ1v) is 8.33. The number of halogens is 1. The van der Waals surface area contributed by atoms with Gasteiger partial charge in [-0.15, -0.1) is 0 Å². The molecule has 23 heavy (non-hydrogen) atoms. The van der Waals surface area contributed by atoms with Gasteiger partial charge in [0.1, 0.15) is 0 Å². The van der Waals surface area contributed by atoms with Crippen molar-refractivity contribution < 1.29 is 9.50 Å². The number of phenols is 1. The second-order valence-electron chi connectivity index (χ2n) is 6.12. The second-order valence-corrected chi connectivity index (χ2v) is 6.12. The van der Waals surface area contributed by atoms with E-state index in [1.165, 1.54) is 23.3 Å². The number of benzene rings is 2. The molecule has 0 aliphatic carbocycles. The summed E-state index contributed by atoms with van der Waals surface area (Å²) in [7, 11) is 0. The molecule has 2 aromatic carbocycles. The fraction of sp³-hybridized carbons (Fsp3) is 0.400. The van der Waals surface area contributed by atoms with Crippen LogP contribution < -0.4 is 0 Å². The maximum atomic E-state index is 13.4. The Hall–Kier alpha value is -1.87. The number of hydrogen-bond donors (Lipinski definition) is 1. The normalized spacial score (nSPS) is 11.1. The monoisotopic (exact) mass is 315 g/mol. The van der Waals surface area contributed by atoms with Gasteiger partial charge in [0.25, 0.3) is 0 Å². The topological polar surface area (TPSA) is 23.5 Å². The molecule has 0 aliphatic heterocycles. The molecular weight excluding hydrogens is 289 g/mol. The minimum atomic E-state index is -0.538. The molecule has 0 unspecified atom stereocenters. The summed E-state index contributed by atoms with van der Waals surface area (Å²) in [4.78, 5) is 2.42. The van der Waals surface area contributed by atoms with E-state index in [2.05, 4.69) is 43.0 Å². The van der Waals surface area contributed by atoms with Gasteiger partial charge in [0, 0.05) is 13.1 Å². The quantitative estimate of drug-likeness (QED) is 0.783. The van der Waals surface area contributed by atoms with Gasteiger partial charge in [-0.3, -0.25) is 0 Å². The lowest BCUT2D eigenvalue weighted by Gasteiger charge is -2.22. The lowest BCUT2D eigenvalue weighted by atomic mass is 10.1. The lowest BCUT2D eigenvalue weighted by Crippen LogP contribution is -2.29. The fourth-order valence-corrected chi connectivity index (χ4v) is 2.80. The van der Waals surface area contributed by atoms with Crippen molar-refractivity contribution in [2.75, 3.05) is 19.6 Å². The third kappa shape index (κ3) is 5.68. The molecule has 2 aromatic rings. The van der Waals surface area contributed by atoms with Crippen molar-refractivity contribution in [1.29, 1.82) is 0 Å². The van der Waals surface area contributed by atoms with Crippen molar-refractivity contribution in [3.8, 4) is 5.75 Å². The third-order valence-corrected chi connectivity index (χ3v) is 4.07. The maximum absolute atomic E-state index is 13.4. The molecule has 1 N–H and O–H groups in total. The van der Waals surface area contributed by atoms with Gasteiger partial charge in [-0.2, -0.15) is 0 Å². The summed E-state index contributed by atoms with van der Waals surface area (Å²) in [5.74, 6) is -0.817. The molecule has 0 radical (unpaired) electrons. The average Bonchev–Trinajstić information content (AvgIpc) is 2.53. The average molecular weight is 315 g/mol. The molecule has 0 heterocycles. The Kier molecular flexibility index (Phi) is 6.60. The number of nitrogens with zero attached hydrogens (tertiary/aromatic N) is 1. The summed E-state index contributed by atoms with van der Waals surface area (Å²) in [5.41, 5.74) is 3.59. The van der Waals surface area contributed by atoms with Crippen LogP contribution in [0.3, 0.4) is 0 Å². The SMILES string of the molecule is CCCN(CCc1cccc(C)c1)CCc1ccc(O)c(F)c1. The van der Waals surface area contributed by atoms with E-state index >= 15 is 0 Å². The molecule has 0 saturated carbocycles. The van der Waals surface area contributed by atoms with E-state index in [4.69, 9.17) is 0 Å². The van der Waals surface area contributed by atoms with Crippen molar-refractivity contribution >= 4 is 0 Å². The van der Waals surface area contributed by atoms with Crippen LogP contribution in [0.15, 0.2) is 42.5 Å². The highest BCUT2D eigenvalue weighted by molar-refractivity contribution is 5.28. The number of rotatable bonds is 8. The molecule has 0 aromatic heterocycles. The number of aromatic hydroxyl groups is 1. The Labute approximate surface area is 138 Å². The zero-order valence-electron chi connectivity index (χ0n) is 14.1. The van der Waals surface area contributed by atoms with Crippen LogP contribution in [-0.2, 0) is 12.8 Å². The van der Waals surface area contributed by atoms with Gasteiger partial charge in [0.15, 0.2) is 11.6 Å². The Morgan fingerprint density at radius 1 is 0.957 bits per heavy atom. The summed E-state index contributed by atoms with van der Waals surface area (Å²) < 4.78 is 13.4. The molecule has 124 valence electrons. The van der Waals surface area contributed by atoms with E-state index in [0.29, 0.717) is 0 Å².